The Hall–Kier alpha value is -1.19. The van der Waals surface area contributed by atoms with Gasteiger partial charge < -0.3 is 15.1 Å². The standard InChI is InChI=1S/C8H9F6NO3/c9-7(10,11)6(18,8(12,13)14)4-2-1-3-15(4)5(16)17/h4,18H,1-3H2,(H,16,17)/t4-/m0/s1. The van der Waals surface area contributed by atoms with Gasteiger partial charge in [0.25, 0.3) is 5.60 Å². The number of carboxylic acid groups (broad SMARTS) is 1. The minimum Gasteiger partial charge on any atom is -0.465 e. The molecule has 1 amide bonds. The second kappa shape index (κ2) is 4.18. The molecule has 0 radical (unpaired) electrons. The van der Waals surface area contributed by atoms with Gasteiger partial charge in [0.05, 0.1) is 6.04 Å². The zero-order valence-corrected chi connectivity index (χ0v) is 8.72. The van der Waals surface area contributed by atoms with Crippen molar-refractivity contribution in [1.82, 2.24) is 4.90 Å². The fourth-order valence-electron chi connectivity index (χ4n) is 1.97. The van der Waals surface area contributed by atoms with E-state index in [-0.39, 0.29) is 11.3 Å². The first-order chi connectivity index (χ1) is 7.93. The summed E-state index contributed by atoms with van der Waals surface area (Å²) in [5, 5.41) is 17.6. The lowest BCUT2D eigenvalue weighted by molar-refractivity contribution is -0.380. The molecule has 0 bridgehead atoms. The van der Waals surface area contributed by atoms with E-state index < -0.39 is 43.1 Å². The first-order valence-electron chi connectivity index (χ1n) is 4.78. The van der Waals surface area contributed by atoms with Crippen LogP contribution >= 0.6 is 0 Å². The number of amides is 1. The van der Waals surface area contributed by atoms with E-state index in [9.17, 15) is 31.1 Å². The lowest BCUT2D eigenvalue weighted by atomic mass is 9.90. The van der Waals surface area contributed by atoms with Crippen LogP contribution in [0.5, 0.6) is 0 Å². The molecular formula is C8H9F6NO3. The number of likely N-dealkylation sites (tertiary alicyclic amines) is 1. The minimum atomic E-state index is -6.01. The van der Waals surface area contributed by atoms with E-state index in [1.54, 1.807) is 0 Å². The first kappa shape index (κ1) is 14.9. The van der Waals surface area contributed by atoms with Gasteiger partial charge in [-0.25, -0.2) is 4.79 Å². The molecule has 0 saturated carbocycles. The second-order valence-electron chi connectivity index (χ2n) is 3.90. The average molecular weight is 281 g/mol. The summed E-state index contributed by atoms with van der Waals surface area (Å²) < 4.78 is 75.0. The summed E-state index contributed by atoms with van der Waals surface area (Å²) in [6.45, 7) is -0.478. The molecule has 0 unspecified atom stereocenters. The van der Waals surface area contributed by atoms with Gasteiger partial charge in [-0.15, -0.1) is 0 Å². The molecule has 1 aliphatic heterocycles. The maximum atomic E-state index is 12.5. The smallest absolute Gasteiger partial charge is 0.428 e. The Morgan fingerprint density at radius 3 is 1.89 bits per heavy atom. The number of rotatable bonds is 1. The zero-order chi connectivity index (χ0) is 14.4. The Morgan fingerprint density at radius 2 is 1.56 bits per heavy atom. The third kappa shape index (κ3) is 2.08. The number of nitrogens with zero attached hydrogens (tertiary/aromatic N) is 1. The number of alkyl halides is 6. The number of hydrogen-bond acceptors (Lipinski definition) is 2. The van der Waals surface area contributed by atoms with Crippen LogP contribution in [0.1, 0.15) is 12.8 Å². The molecule has 0 aromatic heterocycles. The Balaban J connectivity index is 3.25. The van der Waals surface area contributed by atoms with E-state index in [0.29, 0.717) is 0 Å². The van der Waals surface area contributed by atoms with Crippen molar-refractivity contribution in [2.45, 2.75) is 36.8 Å². The van der Waals surface area contributed by atoms with Crippen LogP contribution in [-0.4, -0.2) is 51.7 Å². The van der Waals surface area contributed by atoms with Gasteiger partial charge in [0.15, 0.2) is 0 Å². The Bertz CT molecular complexity index is 325. The fourth-order valence-corrected chi connectivity index (χ4v) is 1.97. The van der Waals surface area contributed by atoms with Crippen molar-refractivity contribution in [2.75, 3.05) is 6.54 Å². The van der Waals surface area contributed by atoms with Crippen LogP contribution in [0.25, 0.3) is 0 Å². The van der Waals surface area contributed by atoms with Gasteiger partial charge >= 0.3 is 18.4 Å². The molecule has 1 rings (SSSR count). The molecule has 0 spiro atoms. The van der Waals surface area contributed by atoms with E-state index in [0.717, 1.165) is 0 Å². The molecule has 2 N–H and O–H groups in total. The Kier molecular flexibility index (Phi) is 3.45. The molecule has 0 aromatic rings. The van der Waals surface area contributed by atoms with Gasteiger partial charge in [-0.1, -0.05) is 0 Å². The first-order valence-corrected chi connectivity index (χ1v) is 4.78. The molecule has 1 aliphatic rings. The van der Waals surface area contributed by atoms with Gasteiger partial charge in [0.1, 0.15) is 0 Å². The van der Waals surface area contributed by atoms with Crippen LogP contribution in [-0.2, 0) is 0 Å². The second-order valence-corrected chi connectivity index (χ2v) is 3.90. The maximum Gasteiger partial charge on any atom is 0.428 e. The molecule has 0 aromatic carbocycles. The fraction of sp³-hybridized carbons (Fsp3) is 0.875. The Labute approximate surface area is 96.8 Å². The van der Waals surface area contributed by atoms with Gasteiger partial charge in [-0.2, -0.15) is 26.3 Å². The summed E-state index contributed by atoms with van der Waals surface area (Å²) in [6, 6.07) is -2.57. The lowest BCUT2D eigenvalue weighted by Crippen LogP contribution is -2.67. The molecule has 18 heavy (non-hydrogen) atoms. The summed E-state index contributed by atoms with van der Waals surface area (Å²) in [6.07, 6.45) is -14.8. The van der Waals surface area contributed by atoms with Crippen molar-refractivity contribution < 1.29 is 41.4 Å². The summed E-state index contributed by atoms with van der Waals surface area (Å²) in [5.41, 5.74) is -5.05. The van der Waals surface area contributed by atoms with Gasteiger partial charge in [-0.05, 0) is 12.8 Å². The van der Waals surface area contributed by atoms with Crippen molar-refractivity contribution in [3.8, 4) is 0 Å². The molecule has 1 atom stereocenters. The highest BCUT2D eigenvalue weighted by Crippen LogP contribution is 2.48. The van der Waals surface area contributed by atoms with E-state index in [4.69, 9.17) is 10.2 Å². The lowest BCUT2D eigenvalue weighted by Gasteiger charge is -2.39. The molecule has 1 saturated heterocycles. The van der Waals surface area contributed by atoms with E-state index >= 15 is 0 Å². The summed E-state index contributed by atoms with van der Waals surface area (Å²) in [7, 11) is 0. The van der Waals surface area contributed by atoms with Gasteiger partial charge in [0.2, 0.25) is 0 Å². The van der Waals surface area contributed by atoms with E-state index in [1.807, 2.05) is 0 Å². The monoisotopic (exact) mass is 281 g/mol. The highest BCUT2D eigenvalue weighted by molar-refractivity contribution is 5.66. The van der Waals surface area contributed by atoms with Crippen molar-refractivity contribution >= 4 is 6.09 Å². The molecule has 106 valence electrons. The number of hydrogen-bond donors (Lipinski definition) is 2. The number of aliphatic hydroxyl groups is 1. The quantitative estimate of drug-likeness (QED) is 0.722. The SMILES string of the molecule is O=C(O)N1CCC[C@H]1C(O)(C(F)(F)F)C(F)(F)F. The van der Waals surface area contributed by atoms with Crippen molar-refractivity contribution in [3.63, 3.8) is 0 Å². The third-order valence-corrected chi connectivity index (χ3v) is 2.85. The largest absolute Gasteiger partial charge is 0.465 e. The van der Waals surface area contributed by atoms with E-state index in [2.05, 4.69) is 0 Å². The molecule has 4 nitrogen and oxygen atoms in total. The van der Waals surface area contributed by atoms with Crippen LogP contribution in [0.15, 0.2) is 0 Å². The van der Waals surface area contributed by atoms with Crippen LogP contribution in [0.2, 0.25) is 0 Å². The normalized spacial score (nSPS) is 22.4. The summed E-state index contributed by atoms with van der Waals surface area (Å²) in [5.74, 6) is 0. The summed E-state index contributed by atoms with van der Waals surface area (Å²) >= 11 is 0. The molecule has 1 heterocycles. The van der Waals surface area contributed by atoms with Crippen molar-refractivity contribution in [3.05, 3.63) is 0 Å². The molecule has 1 fully saturated rings. The van der Waals surface area contributed by atoms with Crippen LogP contribution in [0.3, 0.4) is 0 Å². The highest BCUT2D eigenvalue weighted by atomic mass is 19.4. The third-order valence-electron chi connectivity index (χ3n) is 2.85. The topological polar surface area (TPSA) is 60.8 Å². The summed E-state index contributed by atoms with van der Waals surface area (Å²) in [4.78, 5) is 10.6. The van der Waals surface area contributed by atoms with Gasteiger partial charge in [-0.3, -0.25) is 0 Å². The predicted octanol–water partition coefficient (Wildman–Crippen LogP) is 1.98. The zero-order valence-electron chi connectivity index (χ0n) is 8.72. The Morgan fingerprint density at radius 1 is 1.11 bits per heavy atom. The predicted molar refractivity (Wildman–Crippen MR) is 44.8 cm³/mol. The average Bonchev–Trinajstić information content (AvgIpc) is 2.60. The highest BCUT2D eigenvalue weighted by Gasteiger charge is 2.75. The van der Waals surface area contributed by atoms with Crippen molar-refractivity contribution in [2.24, 2.45) is 0 Å². The van der Waals surface area contributed by atoms with Crippen LogP contribution < -0.4 is 0 Å². The van der Waals surface area contributed by atoms with E-state index in [1.165, 1.54) is 0 Å². The minimum absolute atomic E-state index is 0.0268. The van der Waals surface area contributed by atoms with Crippen LogP contribution in [0, 0.1) is 0 Å². The molecule has 10 heteroatoms. The molecular weight excluding hydrogens is 272 g/mol. The number of halogens is 6. The van der Waals surface area contributed by atoms with Gasteiger partial charge in [0, 0.05) is 6.54 Å². The maximum absolute atomic E-state index is 12.5. The number of carbonyl (C=O) groups is 1. The van der Waals surface area contributed by atoms with Crippen molar-refractivity contribution in [1.29, 1.82) is 0 Å². The molecule has 0 aliphatic carbocycles. The van der Waals surface area contributed by atoms with Crippen LogP contribution in [0.4, 0.5) is 31.1 Å².